The van der Waals surface area contributed by atoms with E-state index in [-0.39, 0.29) is 0 Å². The van der Waals surface area contributed by atoms with E-state index in [0.717, 1.165) is 12.3 Å². The number of nitrogens with zero attached hydrogens (tertiary/aromatic N) is 1. The van der Waals surface area contributed by atoms with Gasteiger partial charge in [-0.1, -0.05) is 36.4 Å². The zero-order valence-corrected chi connectivity index (χ0v) is 7.62. The number of hydrazone groups is 1. The van der Waals surface area contributed by atoms with E-state index in [9.17, 15) is 0 Å². The first-order valence-electron chi connectivity index (χ1n) is 4.43. The third-order valence-electron chi connectivity index (χ3n) is 2.16. The third-order valence-corrected chi connectivity index (χ3v) is 2.16. The van der Waals surface area contributed by atoms with E-state index in [4.69, 9.17) is 0 Å². The fourth-order valence-corrected chi connectivity index (χ4v) is 1.44. The molecule has 0 saturated carbocycles. The van der Waals surface area contributed by atoms with Gasteiger partial charge in [0.2, 0.25) is 0 Å². The quantitative estimate of drug-likeness (QED) is 0.687. The molecule has 2 nitrogen and oxygen atoms in total. The van der Waals surface area contributed by atoms with Gasteiger partial charge >= 0.3 is 0 Å². The second-order valence-electron chi connectivity index (χ2n) is 2.98. The van der Waals surface area contributed by atoms with Crippen LogP contribution in [0.4, 0.5) is 0 Å². The summed E-state index contributed by atoms with van der Waals surface area (Å²) in [4.78, 5) is 0. The molecule has 0 spiro atoms. The Labute approximate surface area is 78.0 Å². The monoisotopic (exact) mass is 172 g/mol. The molecule has 2 heteroatoms. The lowest BCUT2D eigenvalue weighted by Crippen LogP contribution is -2.03. The van der Waals surface area contributed by atoms with Crippen molar-refractivity contribution in [1.29, 1.82) is 0 Å². The van der Waals surface area contributed by atoms with Crippen molar-refractivity contribution in [2.24, 2.45) is 5.10 Å². The van der Waals surface area contributed by atoms with Crippen LogP contribution in [0.15, 0.2) is 47.1 Å². The minimum atomic E-state index is 0.848. The van der Waals surface area contributed by atoms with E-state index in [1.54, 1.807) is 0 Å². The lowest BCUT2D eigenvalue weighted by atomic mass is 10.0. The van der Waals surface area contributed by atoms with Gasteiger partial charge in [-0.15, -0.1) is 0 Å². The molecule has 0 aliphatic carbocycles. The maximum absolute atomic E-state index is 4.26. The maximum atomic E-state index is 4.26. The predicted molar refractivity (Wildman–Crippen MR) is 54.7 cm³/mol. The van der Waals surface area contributed by atoms with Gasteiger partial charge in [0, 0.05) is 5.56 Å². The Hall–Kier alpha value is -1.57. The first-order valence-corrected chi connectivity index (χ1v) is 4.43. The summed E-state index contributed by atoms with van der Waals surface area (Å²) in [5, 5.41) is 4.26. The minimum Gasteiger partial charge on any atom is -0.305 e. The van der Waals surface area contributed by atoms with Crippen LogP contribution < -0.4 is 5.43 Å². The van der Waals surface area contributed by atoms with Crippen molar-refractivity contribution in [1.82, 2.24) is 5.43 Å². The molecule has 1 aliphatic heterocycles. The van der Waals surface area contributed by atoms with E-state index in [1.165, 1.54) is 11.1 Å². The number of hydrogen-bond acceptors (Lipinski definition) is 2. The Balaban J connectivity index is 2.37. The summed E-state index contributed by atoms with van der Waals surface area (Å²) in [7, 11) is 0. The SMILES string of the molecule is C/C=C1\CNN=C1c1ccccc1. The fourth-order valence-electron chi connectivity index (χ4n) is 1.44. The van der Waals surface area contributed by atoms with Gasteiger partial charge in [0.25, 0.3) is 0 Å². The van der Waals surface area contributed by atoms with Crippen molar-refractivity contribution < 1.29 is 0 Å². The summed E-state index contributed by atoms with van der Waals surface area (Å²) >= 11 is 0. The molecule has 0 bridgehead atoms. The van der Waals surface area contributed by atoms with Crippen LogP contribution in [0.3, 0.4) is 0 Å². The van der Waals surface area contributed by atoms with Crippen LogP contribution in [0.25, 0.3) is 0 Å². The first kappa shape index (κ1) is 8.05. The number of rotatable bonds is 1. The number of hydrogen-bond donors (Lipinski definition) is 1. The highest BCUT2D eigenvalue weighted by molar-refractivity contribution is 6.13. The van der Waals surface area contributed by atoms with Crippen molar-refractivity contribution in [2.75, 3.05) is 6.54 Å². The van der Waals surface area contributed by atoms with Crippen LogP contribution in [0.1, 0.15) is 12.5 Å². The van der Waals surface area contributed by atoms with Crippen LogP contribution in [0.2, 0.25) is 0 Å². The molecule has 0 saturated heterocycles. The molecular weight excluding hydrogens is 160 g/mol. The molecule has 1 aromatic carbocycles. The highest BCUT2D eigenvalue weighted by Crippen LogP contribution is 2.12. The lowest BCUT2D eigenvalue weighted by molar-refractivity contribution is 0.855. The Kier molecular flexibility index (Phi) is 2.13. The predicted octanol–water partition coefficient (Wildman–Crippen LogP) is 1.94. The highest BCUT2D eigenvalue weighted by atomic mass is 15.3. The topological polar surface area (TPSA) is 24.4 Å². The maximum Gasteiger partial charge on any atom is 0.0948 e. The summed E-state index contributed by atoms with van der Waals surface area (Å²) in [5.74, 6) is 0. The second kappa shape index (κ2) is 3.44. The van der Waals surface area contributed by atoms with Gasteiger partial charge in [-0.05, 0) is 12.5 Å². The van der Waals surface area contributed by atoms with Crippen molar-refractivity contribution in [3.63, 3.8) is 0 Å². The molecule has 1 N–H and O–H groups in total. The van der Waals surface area contributed by atoms with E-state index in [0.29, 0.717) is 0 Å². The van der Waals surface area contributed by atoms with Gasteiger partial charge in [-0.2, -0.15) is 5.10 Å². The van der Waals surface area contributed by atoms with Gasteiger partial charge in [0.05, 0.1) is 12.3 Å². The number of benzene rings is 1. The average molecular weight is 172 g/mol. The van der Waals surface area contributed by atoms with Gasteiger partial charge in [-0.3, -0.25) is 0 Å². The van der Waals surface area contributed by atoms with E-state index >= 15 is 0 Å². The standard InChI is InChI=1S/C11H12N2/c1-2-9-8-12-13-11(9)10-6-4-3-5-7-10/h2-7,12H,8H2,1H3/b9-2+. The molecule has 0 atom stereocenters. The smallest absolute Gasteiger partial charge is 0.0948 e. The Morgan fingerprint density at radius 1 is 1.31 bits per heavy atom. The van der Waals surface area contributed by atoms with Crippen molar-refractivity contribution in [3.05, 3.63) is 47.5 Å². The van der Waals surface area contributed by atoms with Crippen LogP contribution in [0, 0.1) is 0 Å². The Morgan fingerprint density at radius 2 is 2.08 bits per heavy atom. The average Bonchev–Trinajstić information content (AvgIpc) is 2.67. The molecule has 0 aromatic heterocycles. The molecule has 66 valence electrons. The molecule has 1 heterocycles. The first-order chi connectivity index (χ1) is 6.42. The third kappa shape index (κ3) is 1.47. The highest BCUT2D eigenvalue weighted by Gasteiger charge is 2.13. The van der Waals surface area contributed by atoms with Crippen LogP contribution in [-0.4, -0.2) is 12.3 Å². The van der Waals surface area contributed by atoms with Gasteiger partial charge in [-0.25, -0.2) is 0 Å². The zero-order valence-electron chi connectivity index (χ0n) is 7.62. The fraction of sp³-hybridized carbons (Fsp3) is 0.182. The summed E-state index contributed by atoms with van der Waals surface area (Å²) < 4.78 is 0. The van der Waals surface area contributed by atoms with Crippen molar-refractivity contribution in [3.8, 4) is 0 Å². The molecular formula is C11H12N2. The van der Waals surface area contributed by atoms with E-state index < -0.39 is 0 Å². The Morgan fingerprint density at radius 3 is 2.77 bits per heavy atom. The van der Waals surface area contributed by atoms with Crippen molar-refractivity contribution >= 4 is 5.71 Å². The zero-order chi connectivity index (χ0) is 9.10. The minimum absolute atomic E-state index is 0.848. The molecule has 0 fully saturated rings. The Bertz CT molecular complexity index is 350. The lowest BCUT2D eigenvalue weighted by Gasteiger charge is -2.00. The number of nitrogens with one attached hydrogen (secondary N) is 1. The summed E-state index contributed by atoms with van der Waals surface area (Å²) in [6.45, 7) is 2.89. The van der Waals surface area contributed by atoms with Crippen molar-refractivity contribution in [2.45, 2.75) is 6.92 Å². The summed E-state index contributed by atoms with van der Waals surface area (Å²) in [6, 6.07) is 10.2. The molecule has 0 amide bonds. The van der Waals surface area contributed by atoms with Gasteiger partial charge in [0.1, 0.15) is 0 Å². The molecule has 0 unspecified atom stereocenters. The second-order valence-corrected chi connectivity index (χ2v) is 2.98. The summed E-state index contributed by atoms with van der Waals surface area (Å²) in [5.41, 5.74) is 6.51. The van der Waals surface area contributed by atoms with E-state index in [2.05, 4.69) is 28.7 Å². The molecule has 2 rings (SSSR count). The molecule has 0 radical (unpaired) electrons. The number of allylic oxidation sites excluding steroid dienone is 1. The molecule has 1 aliphatic rings. The molecule has 13 heavy (non-hydrogen) atoms. The summed E-state index contributed by atoms with van der Waals surface area (Å²) in [6.07, 6.45) is 2.10. The van der Waals surface area contributed by atoms with Crippen LogP contribution in [-0.2, 0) is 0 Å². The largest absolute Gasteiger partial charge is 0.305 e. The van der Waals surface area contributed by atoms with E-state index in [1.807, 2.05) is 25.1 Å². The molecule has 1 aromatic rings. The van der Waals surface area contributed by atoms with Gasteiger partial charge < -0.3 is 5.43 Å². The van der Waals surface area contributed by atoms with Crippen LogP contribution >= 0.6 is 0 Å². The van der Waals surface area contributed by atoms with Crippen LogP contribution in [0.5, 0.6) is 0 Å². The van der Waals surface area contributed by atoms with Gasteiger partial charge in [0.15, 0.2) is 0 Å². The normalized spacial score (nSPS) is 18.5.